The summed E-state index contributed by atoms with van der Waals surface area (Å²) in [5.74, 6) is -0.704. The molecular formula is C7H6N2O3. The summed E-state index contributed by atoms with van der Waals surface area (Å²) < 4.78 is 0.726. The van der Waals surface area contributed by atoms with Crippen LogP contribution in [0.1, 0.15) is 0 Å². The van der Waals surface area contributed by atoms with Crippen molar-refractivity contribution in [3.05, 3.63) is 41.6 Å². The first-order valence-corrected chi connectivity index (χ1v) is 3.12. The fourth-order valence-electron chi connectivity index (χ4n) is 0.548. The molecule has 0 bridgehead atoms. The van der Waals surface area contributed by atoms with E-state index in [4.69, 9.17) is 0 Å². The van der Waals surface area contributed by atoms with Gasteiger partial charge in [-0.3, -0.25) is 0 Å². The molecule has 0 N–H and O–H groups in total. The zero-order valence-corrected chi connectivity index (χ0v) is 6.14. The zero-order valence-electron chi connectivity index (χ0n) is 6.14. The van der Waals surface area contributed by atoms with Crippen LogP contribution in [0, 0.1) is 0 Å². The van der Waals surface area contributed by atoms with E-state index in [9.17, 15) is 9.59 Å². The smallest absolute Gasteiger partial charge is 0.327 e. The fraction of sp³-hybridized carbons (Fsp3) is 0. The second-order valence-corrected chi connectivity index (χ2v) is 1.84. The molecule has 0 atom stereocenters. The number of carbonyl (C=O) groups excluding carboxylic acids is 1. The average Bonchev–Trinajstić information content (AvgIpc) is 2.09. The van der Waals surface area contributed by atoms with E-state index in [1.807, 2.05) is 0 Å². The molecule has 0 radical (unpaired) electrons. The quantitative estimate of drug-likeness (QED) is 0.549. The van der Waals surface area contributed by atoms with Crippen molar-refractivity contribution >= 4 is 5.97 Å². The van der Waals surface area contributed by atoms with Crippen LogP contribution in [0.3, 0.4) is 0 Å². The van der Waals surface area contributed by atoms with E-state index in [1.54, 1.807) is 0 Å². The molecule has 5 heteroatoms. The zero-order chi connectivity index (χ0) is 8.97. The summed E-state index contributed by atoms with van der Waals surface area (Å²) in [4.78, 5) is 29.3. The lowest BCUT2D eigenvalue weighted by atomic mass is 10.7. The summed E-state index contributed by atoms with van der Waals surface area (Å²) >= 11 is 0. The lowest BCUT2D eigenvalue weighted by Gasteiger charge is -2.00. The van der Waals surface area contributed by atoms with Gasteiger partial charge in [0.15, 0.2) is 0 Å². The maximum Gasteiger partial charge on any atom is 0.380 e. The Hall–Kier alpha value is -1.91. The highest BCUT2D eigenvalue weighted by Gasteiger charge is 1.99. The number of carbonyl (C=O) groups is 1. The Morgan fingerprint density at radius 3 is 3.08 bits per heavy atom. The molecule has 0 unspecified atom stereocenters. The van der Waals surface area contributed by atoms with Crippen molar-refractivity contribution in [2.75, 3.05) is 0 Å². The molecule has 0 fully saturated rings. The van der Waals surface area contributed by atoms with E-state index in [0.717, 1.165) is 10.8 Å². The molecule has 0 saturated heterocycles. The maximum absolute atomic E-state index is 10.8. The monoisotopic (exact) mass is 166 g/mol. The van der Waals surface area contributed by atoms with E-state index in [-0.39, 0.29) is 0 Å². The van der Waals surface area contributed by atoms with Crippen molar-refractivity contribution in [3.63, 3.8) is 0 Å². The molecule has 1 heterocycles. The molecular weight excluding hydrogens is 160 g/mol. The molecule has 0 aromatic carbocycles. The maximum atomic E-state index is 10.8. The minimum atomic E-state index is -0.704. The van der Waals surface area contributed by atoms with Crippen molar-refractivity contribution in [2.24, 2.45) is 0 Å². The molecule has 0 amide bonds. The number of hydrogen-bond acceptors (Lipinski definition) is 4. The van der Waals surface area contributed by atoms with Crippen LogP contribution in [0.25, 0.3) is 0 Å². The Labute approximate surface area is 67.9 Å². The van der Waals surface area contributed by atoms with Gasteiger partial charge in [0.25, 0.3) is 0 Å². The van der Waals surface area contributed by atoms with Crippen LogP contribution in [-0.4, -0.2) is 15.7 Å². The van der Waals surface area contributed by atoms with Gasteiger partial charge < -0.3 is 4.84 Å². The summed E-state index contributed by atoms with van der Waals surface area (Å²) in [5.41, 5.74) is -0.646. The van der Waals surface area contributed by atoms with Gasteiger partial charge in [-0.1, -0.05) is 6.58 Å². The highest BCUT2D eigenvalue weighted by molar-refractivity contribution is 5.81. The second kappa shape index (κ2) is 3.47. The summed E-state index contributed by atoms with van der Waals surface area (Å²) in [7, 11) is 0. The molecule has 0 aliphatic rings. The number of aromatic nitrogens is 2. The van der Waals surface area contributed by atoms with E-state index in [1.165, 1.54) is 18.5 Å². The molecule has 1 rings (SSSR count). The molecule has 1 aromatic heterocycles. The van der Waals surface area contributed by atoms with Gasteiger partial charge in [0.2, 0.25) is 0 Å². The summed E-state index contributed by atoms with van der Waals surface area (Å²) in [5, 5.41) is 0. The van der Waals surface area contributed by atoms with Gasteiger partial charge in [-0.2, -0.15) is 4.98 Å². The second-order valence-electron chi connectivity index (χ2n) is 1.84. The van der Waals surface area contributed by atoms with Crippen molar-refractivity contribution in [2.45, 2.75) is 0 Å². The molecule has 12 heavy (non-hydrogen) atoms. The van der Waals surface area contributed by atoms with E-state index >= 15 is 0 Å². The van der Waals surface area contributed by atoms with Crippen molar-refractivity contribution < 1.29 is 9.63 Å². The SMILES string of the molecule is C=CC(=O)On1cccnc1=O. The Morgan fingerprint density at radius 1 is 1.75 bits per heavy atom. The molecule has 62 valence electrons. The van der Waals surface area contributed by atoms with Crippen LogP contribution in [0.15, 0.2) is 35.9 Å². The number of nitrogens with zero attached hydrogens (tertiary/aromatic N) is 2. The number of hydrogen-bond donors (Lipinski definition) is 0. The summed E-state index contributed by atoms with van der Waals surface area (Å²) in [6, 6.07) is 1.47. The first-order valence-electron chi connectivity index (χ1n) is 3.12. The van der Waals surface area contributed by atoms with Crippen LogP contribution >= 0.6 is 0 Å². The Morgan fingerprint density at radius 2 is 2.50 bits per heavy atom. The molecule has 0 aliphatic heterocycles. The van der Waals surface area contributed by atoms with Gasteiger partial charge >= 0.3 is 11.7 Å². The van der Waals surface area contributed by atoms with E-state index in [0.29, 0.717) is 0 Å². The predicted octanol–water partition coefficient (Wildman–Crippen LogP) is -0.615. The van der Waals surface area contributed by atoms with Crippen LogP contribution in [0.4, 0.5) is 0 Å². The third kappa shape index (κ3) is 1.79. The van der Waals surface area contributed by atoms with Crippen LogP contribution in [0.2, 0.25) is 0 Å². The molecule has 1 aromatic rings. The predicted molar refractivity (Wildman–Crippen MR) is 40.3 cm³/mol. The minimum Gasteiger partial charge on any atom is -0.327 e. The van der Waals surface area contributed by atoms with E-state index < -0.39 is 11.7 Å². The molecule has 0 saturated carbocycles. The Balaban J connectivity index is 2.90. The first-order chi connectivity index (χ1) is 5.74. The lowest BCUT2D eigenvalue weighted by molar-refractivity contribution is -0.138. The van der Waals surface area contributed by atoms with Crippen LogP contribution < -0.4 is 10.5 Å². The van der Waals surface area contributed by atoms with Crippen molar-refractivity contribution in [1.29, 1.82) is 0 Å². The molecule has 0 aliphatic carbocycles. The third-order valence-electron chi connectivity index (χ3n) is 1.04. The van der Waals surface area contributed by atoms with Gasteiger partial charge in [-0.05, 0) is 6.07 Å². The summed E-state index contributed by atoms with van der Waals surface area (Å²) in [6.45, 7) is 3.18. The molecule has 0 spiro atoms. The largest absolute Gasteiger partial charge is 0.380 e. The minimum absolute atomic E-state index is 0.646. The number of rotatable bonds is 2. The lowest BCUT2D eigenvalue weighted by Crippen LogP contribution is -2.30. The first kappa shape index (κ1) is 8.19. The van der Waals surface area contributed by atoms with Crippen LogP contribution in [0.5, 0.6) is 0 Å². The van der Waals surface area contributed by atoms with Gasteiger partial charge in [0, 0.05) is 12.3 Å². The highest BCUT2D eigenvalue weighted by atomic mass is 16.7. The van der Waals surface area contributed by atoms with Gasteiger partial charge in [-0.25, -0.2) is 9.59 Å². The fourth-order valence-corrected chi connectivity index (χ4v) is 0.548. The Bertz CT molecular complexity index is 356. The van der Waals surface area contributed by atoms with Gasteiger partial charge in [0.1, 0.15) is 0 Å². The van der Waals surface area contributed by atoms with Gasteiger partial charge in [0.05, 0.1) is 6.20 Å². The van der Waals surface area contributed by atoms with Crippen molar-refractivity contribution in [1.82, 2.24) is 9.71 Å². The van der Waals surface area contributed by atoms with E-state index in [2.05, 4.69) is 16.4 Å². The average molecular weight is 166 g/mol. The van der Waals surface area contributed by atoms with Gasteiger partial charge in [-0.15, -0.1) is 4.73 Å². The topological polar surface area (TPSA) is 61.2 Å². The summed E-state index contributed by atoms with van der Waals surface area (Å²) in [6.07, 6.45) is 3.55. The third-order valence-corrected chi connectivity index (χ3v) is 1.04. The van der Waals surface area contributed by atoms with Crippen LogP contribution in [-0.2, 0) is 4.79 Å². The highest BCUT2D eigenvalue weighted by Crippen LogP contribution is 1.76. The standard InChI is InChI=1S/C7H6N2O3/c1-2-6(10)12-9-5-3-4-8-7(9)11/h2-5H,1H2. The Kier molecular flexibility index (Phi) is 2.37. The normalized spacial score (nSPS) is 9.00. The van der Waals surface area contributed by atoms with Crippen molar-refractivity contribution in [3.8, 4) is 0 Å². The molecule has 5 nitrogen and oxygen atoms in total.